The van der Waals surface area contributed by atoms with Gasteiger partial charge in [0.15, 0.2) is 0 Å². The van der Waals surface area contributed by atoms with Crippen molar-refractivity contribution in [2.75, 3.05) is 7.11 Å². The van der Waals surface area contributed by atoms with E-state index in [9.17, 15) is 5.26 Å². The second-order valence-corrected chi connectivity index (χ2v) is 5.18. The van der Waals surface area contributed by atoms with Crippen LogP contribution in [0.5, 0.6) is 5.75 Å². The summed E-state index contributed by atoms with van der Waals surface area (Å²) in [5.41, 5.74) is 4.86. The second kappa shape index (κ2) is 5.92. The van der Waals surface area contributed by atoms with Gasteiger partial charge in [0, 0.05) is 11.9 Å². The molecule has 108 valence electrons. The number of hydrogen-bond acceptors (Lipinski definition) is 4. The summed E-state index contributed by atoms with van der Waals surface area (Å²) in [6.45, 7) is 7.85. The van der Waals surface area contributed by atoms with Crippen molar-refractivity contribution in [1.82, 2.24) is 9.97 Å². The van der Waals surface area contributed by atoms with E-state index < -0.39 is 5.92 Å². The van der Waals surface area contributed by atoms with Crippen LogP contribution < -0.4 is 4.74 Å². The molecule has 4 heteroatoms. The lowest BCUT2D eigenvalue weighted by Crippen LogP contribution is -2.10. The Hall–Kier alpha value is -2.41. The van der Waals surface area contributed by atoms with E-state index in [1.165, 1.54) is 0 Å². The summed E-state index contributed by atoms with van der Waals surface area (Å²) >= 11 is 0. The normalized spacial score (nSPS) is 11.8. The van der Waals surface area contributed by atoms with Crippen molar-refractivity contribution in [3.05, 3.63) is 52.1 Å². The molecule has 0 aliphatic rings. The Labute approximate surface area is 125 Å². The SMILES string of the molecule is COc1ccc(C)c(C(C#N)c2ncc(C)c(C)n2)c1C. The molecule has 21 heavy (non-hydrogen) atoms. The minimum atomic E-state index is -0.487. The molecule has 1 unspecified atom stereocenters. The number of methoxy groups -OCH3 is 1. The van der Waals surface area contributed by atoms with Gasteiger partial charge in [0.1, 0.15) is 17.5 Å². The highest BCUT2D eigenvalue weighted by atomic mass is 16.5. The predicted molar refractivity (Wildman–Crippen MR) is 81.4 cm³/mol. The maximum absolute atomic E-state index is 9.63. The Morgan fingerprint density at radius 1 is 1.14 bits per heavy atom. The average molecular weight is 281 g/mol. The van der Waals surface area contributed by atoms with E-state index in [0.717, 1.165) is 33.7 Å². The van der Waals surface area contributed by atoms with Crippen molar-refractivity contribution in [3.8, 4) is 11.8 Å². The van der Waals surface area contributed by atoms with Crippen LogP contribution in [-0.4, -0.2) is 17.1 Å². The third kappa shape index (κ3) is 2.73. The van der Waals surface area contributed by atoms with E-state index in [0.29, 0.717) is 5.82 Å². The second-order valence-electron chi connectivity index (χ2n) is 5.18. The Bertz CT molecular complexity index is 717. The summed E-state index contributed by atoms with van der Waals surface area (Å²) in [6.07, 6.45) is 1.77. The van der Waals surface area contributed by atoms with Gasteiger partial charge in [-0.2, -0.15) is 5.26 Å². The molecule has 4 nitrogen and oxygen atoms in total. The van der Waals surface area contributed by atoms with Crippen molar-refractivity contribution in [1.29, 1.82) is 5.26 Å². The molecule has 1 heterocycles. The molecule has 1 atom stereocenters. The van der Waals surface area contributed by atoms with Crippen molar-refractivity contribution in [2.45, 2.75) is 33.6 Å². The Kier molecular flexibility index (Phi) is 4.23. The molecule has 0 aliphatic heterocycles. The van der Waals surface area contributed by atoms with Crippen molar-refractivity contribution in [2.24, 2.45) is 0 Å². The molecule has 1 aromatic heterocycles. The molecule has 0 amide bonds. The number of nitrogens with zero attached hydrogens (tertiary/aromatic N) is 3. The highest BCUT2D eigenvalue weighted by Gasteiger charge is 2.22. The van der Waals surface area contributed by atoms with Crippen molar-refractivity contribution >= 4 is 0 Å². The first-order chi connectivity index (χ1) is 9.99. The topological polar surface area (TPSA) is 58.8 Å². The van der Waals surface area contributed by atoms with Crippen LogP contribution in [0, 0.1) is 39.0 Å². The van der Waals surface area contributed by atoms with E-state index >= 15 is 0 Å². The lowest BCUT2D eigenvalue weighted by molar-refractivity contribution is 0.411. The quantitative estimate of drug-likeness (QED) is 0.865. The standard InChI is InChI=1S/C17H19N3O/c1-10-6-7-15(21-5)12(3)16(10)14(8-18)17-19-9-11(2)13(4)20-17/h6-7,9,14H,1-5H3. The van der Waals surface area contributed by atoms with Crippen LogP contribution in [-0.2, 0) is 0 Å². The smallest absolute Gasteiger partial charge is 0.150 e. The minimum Gasteiger partial charge on any atom is -0.496 e. The van der Waals surface area contributed by atoms with Gasteiger partial charge in [0.2, 0.25) is 0 Å². The minimum absolute atomic E-state index is 0.487. The van der Waals surface area contributed by atoms with Gasteiger partial charge in [-0.15, -0.1) is 0 Å². The van der Waals surface area contributed by atoms with Crippen molar-refractivity contribution in [3.63, 3.8) is 0 Å². The predicted octanol–water partition coefficient (Wildman–Crippen LogP) is 3.37. The highest BCUT2D eigenvalue weighted by molar-refractivity contribution is 5.50. The number of rotatable bonds is 3. The van der Waals surface area contributed by atoms with E-state index in [4.69, 9.17) is 4.74 Å². The van der Waals surface area contributed by atoms with Crippen LogP contribution in [0.25, 0.3) is 0 Å². The maximum atomic E-state index is 9.63. The molecular weight excluding hydrogens is 262 g/mol. The lowest BCUT2D eigenvalue weighted by atomic mass is 9.90. The van der Waals surface area contributed by atoms with E-state index in [2.05, 4.69) is 16.0 Å². The summed E-state index contributed by atoms with van der Waals surface area (Å²) in [5.74, 6) is 0.833. The zero-order valence-electron chi connectivity index (χ0n) is 13.1. The third-order valence-electron chi connectivity index (χ3n) is 3.82. The Morgan fingerprint density at radius 2 is 1.86 bits per heavy atom. The van der Waals surface area contributed by atoms with Crippen LogP contribution in [0.2, 0.25) is 0 Å². The van der Waals surface area contributed by atoms with Crippen LogP contribution in [0.15, 0.2) is 18.3 Å². The first-order valence-corrected chi connectivity index (χ1v) is 6.83. The fourth-order valence-corrected chi connectivity index (χ4v) is 2.44. The molecule has 2 rings (SSSR count). The average Bonchev–Trinajstić information content (AvgIpc) is 2.47. The van der Waals surface area contributed by atoms with Gasteiger partial charge in [0.05, 0.1) is 13.2 Å². The largest absolute Gasteiger partial charge is 0.496 e. The molecule has 0 N–H and O–H groups in total. The zero-order valence-corrected chi connectivity index (χ0v) is 13.1. The first kappa shape index (κ1) is 15.0. The Morgan fingerprint density at radius 3 is 2.43 bits per heavy atom. The first-order valence-electron chi connectivity index (χ1n) is 6.83. The van der Waals surface area contributed by atoms with Gasteiger partial charge < -0.3 is 4.74 Å². The van der Waals surface area contributed by atoms with Gasteiger partial charge in [-0.3, -0.25) is 0 Å². The molecule has 0 aliphatic carbocycles. The van der Waals surface area contributed by atoms with E-state index in [-0.39, 0.29) is 0 Å². The molecular formula is C17H19N3O. The molecule has 1 aromatic carbocycles. The number of hydrogen-bond donors (Lipinski definition) is 0. The third-order valence-corrected chi connectivity index (χ3v) is 3.82. The van der Waals surface area contributed by atoms with Gasteiger partial charge >= 0.3 is 0 Å². The van der Waals surface area contributed by atoms with Gasteiger partial charge in [-0.1, -0.05) is 6.07 Å². The molecule has 2 aromatic rings. The molecule has 0 bridgehead atoms. The lowest BCUT2D eigenvalue weighted by Gasteiger charge is -2.17. The Balaban J connectivity index is 2.62. The van der Waals surface area contributed by atoms with Gasteiger partial charge in [0.25, 0.3) is 0 Å². The fourth-order valence-electron chi connectivity index (χ4n) is 2.44. The number of benzene rings is 1. The van der Waals surface area contributed by atoms with Crippen LogP contribution in [0.1, 0.15) is 39.7 Å². The van der Waals surface area contributed by atoms with Crippen LogP contribution in [0.3, 0.4) is 0 Å². The molecule has 0 fully saturated rings. The molecule has 0 spiro atoms. The summed E-state index contributed by atoms with van der Waals surface area (Å²) in [5, 5.41) is 9.63. The maximum Gasteiger partial charge on any atom is 0.150 e. The number of aryl methyl sites for hydroxylation is 3. The highest BCUT2D eigenvalue weighted by Crippen LogP contribution is 2.32. The van der Waals surface area contributed by atoms with E-state index in [1.54, 1.807) is 13.3 Å². The molecule has 0 saturated carbocycles. The fraction of sp³-hybridized carbons (Fsp3) is 0.353. The van der Waals surface area contributed by atoms with E-state index in [1.807, 2.05) is 39.8 Å². The summed E-state index contributed by atoms with van der Waals surface area (Å²) in [4.78, 5) is 8.83. The number of aromatic nitrogens is 2. The molecule has 0 radical (unpaired) electrons. The van der Waals surface area contributed by atoms with Crippen LogP contribution >= 0.6 is 0 Å². The summed E-state index contributed by atoms with van der Waals surface area (Å²) in [6, 6.07) is 6.22. The zero-order chi connectivity index (χ0) is 15.6. The summed E-state index contributed by atoms with van der Waals surface area (Å²) in [7, 11) is 1.63. The summed E-state index contributed by atoms with van der Waals surface area (Å²) < 4.78 is 5.36. The monoisotopic (exact) mass is 281 g/mol. The number of nitriles is 1. The van der Waals surface area contributed by atoms with Gasteiger partial charge in [-0.05, 0) is 56.0 Å². The van der Waals surface area contributed by atoms with Crippen LogP contribution in [0.4, 0.5) is 0 Å². The molecule has 0 saturated heterocycles. The van der Waals surface area contributed by atoms with Crippen molar-refractivity contribution < 1.29 is 4.74 Å². The van der Waals surface area contributed by atoms with Gasteiger partial charge in [-0.25, -0.2) is 9.97 Å². The number of ether oxygens (including phenoxy) is 1.